The molecule has 1 aliphatic heterocycles. The van der Waals surface area contributed by atoms with E-state index in [1.54, 1.807) is 0 Å². The fourth-order valence-corrected chi connectivity index (χ4v) is 3.02. The zero-order valence-electron chi connectivity index (χ0n) is 13.9. The lowest BCUT2D eigenvalue weighted by Crippen LogP contribution is -2.08. The summed E-state index contributed by atoms with van der Waals surface area (Å²) in [6.07, 6.45) is 4.08. The first-order valence-electron chi connectivity index (χ1n) is 8.32. The van der Waals surface area contributed by atoms with E-state index in [4.69, 9.17) is 4.74 Å². The third-order valence-electron chi connectivity index (χ3n) is 4.48. The van der Waals surface area contributed by atoms with Crippen molar-refractivity contribution >= 4 is 11.1 Å². The van der Waals surface area contributed by atoms with E-state index >= 15 is 0 Å². The molecule has 0 radical (unpaired) electrons. The van der Waals surface area contributed by atoms with Crippen molar-refractivity contribution in [2.75, 3.05) is 6.61 Å². The average molecular weight is 304 g/mol. The zero-order valence-corrected chi connectivity index (χ0v) is 13.9. The van der Waals surface area contributed by atoms with Gasteiger partial charge in [-0.15, -0.1) is 0 Å². The highest BCUT2D eigenvalue weighted by atomic mass is 16.5. The van der Waals surface area contributed by atoms with Crippen molar-refractivity contribution in [3.8, 4) is 5.75 Å². The molecule has 0 fully saturated rings. The molecule has 23 heavy (non-hydrogen) atoms. The van der Waals surface area contributed by atoms with Crippen molar-refractivity contribution in [2.24, 2.45) is 0 Å². The first-order chi connectivity index (χ1) is 11.1. The number of ether oxygens (including phenoxy) is 1. The number of benzene rings is 2. The van der Waals surface area contributed by atoms with Crippen LogP contribution in [-0.4, -0.2) is 6.61 Å². The van der Waals surface area contributed by atoms with Gasteiger partial charge in [0.15, 0.2) is 0 Å². The third kappa shape index (κ3) is 3.73. The molecule has 0 bridgehead atoms. The Morgan fingerprint density at radius 2 is 1.74 bits per heavy atom. The summed E-state index contributed by atoms with van der Waals surface area (Å²) in [4.78, 5) is 0. The van der Waals surface area contributed by atoms with E-state index < -0.39 is 0 Å². The van der Waals surface area contributed by atoms with E-state index in [2.05, 4.69) is 62.5 Å². The lowest BCUT2D eigenvalue weighted by Gasteiger charge is -2.18. The van der Waals surface area contributed by atoms with Gasteiger partial charge in [-0.1, -0.05) is 55.1 Å². The molecule has 1 aliphatic rings. The van der Waals surface area contributed by atoms with Gasteiger partial charge in [0.05, 0.1) is 6.61 Å². The van der Waals surface area contributed by atoms with Gasteiger partial charge in [0, 0.05) is 0 Å². The molecule has 0 saturated heterocycles. The summed E-state index contributed by atoms with van der Waals surface area (Å²) in [7, 11) is 0. The van der Waals surface area contributed by atoms with Gasteiger partial charge in [-0.3, -0.25) is 0 Å². The van der Waals surface area contributed by atoms with Crippen LogP contribution in [0.25, 0.3) is 11.1 Å². The lowest BCUT2D eigenvalue weighted by molar-refractivity contribution is 0.288. The van der Waals surface area contributed by atoms with E-state index in [-0.39, 0.29) is 0 Å². The molecule has 3 rings (SSSR count). The first kappa shape index (κ1) is 15.6. The van der Waals surface area contributed by atoms with Crippen LogP contribution in [0.1, 0.15) is 41.5 Å². The predicted octanol–water partition coefficient (Wildman–Crippen LogP) is 5.83. The summed E-state index contributed by atoms with van der Waals surface area (Å²) in [6.45, 7) is 11.4. The smallest absolute Gasteiger partial charge is 0.123 e. The molecule has 1 heterocycles. The van der Waals surface area contributed by atoms with Gasteiger partial charge in [-0.2, -0.15) is 0 Å². The van der Waals surface area contributed by atoms with Gasteiger partial charge in [0.1, 0.15) is 5.75 Å². The number of hydrogen-bond acceptors (Lipinski definition) is 1. The lowest BCUT2D eigenvalue weighted by atomic mass is 9.94. The number of hydrogen-bond donors (Lipinski definition) is 0. The Kier molecular flexibility index (Phi) is 4.66. The monoisotopic (exact) mass is 304 g/mol. The summed E-state index contributed by atoms with van der Waals surface area (Å²) < 4.78 is 5.76. The standard InChI is InChI=1S/C22H24O/c1-16-6-4-7-20(14-16)17(2)9-10-18(3)21-12-11-19-8-5-13-23-22(19)15-21/h4,6-7,11-12,14-15H,2-3,5,8-10,13H2,1H3. The minimum Gasteiger partial charge on any atom is -0.493 e. The summed E-state index contributed by atoms with van der Waals surface area (Å²) >= 11 is 0. The van der Waals surface area contributed by atoms with Crippen LogP contribution in [0.15, 0.2) is 55.6 Å². The molecular formula is C22H24O. The predicted molar refractivity (Wildman–Crippen MR) is 98.7 cm³/mol. The topological polar surface area (TPSA) is 9.23 Å². The van der Waals surface area contributed by atoms with Crippen molar-refractivity contribution < 1.29 is 4.74 Å². The molecule has 0 amide bonds. The zero-order chi connectivity index (χ0) is 16.2. The maximum absolute atomic E-state index is 5.76. The van der Waals surface area contributed by atoms with Gasteiger partial charge < -0.3 is 4.74 Å². The van der Waals surface area contributed by atoms with Crippen molar-refractivity contribution in [2.45, 2.75) is 32.6 Å². The Labute approximate surface area is 139 Å². The second-order valence-corrected chi connectivity index (χ2v) is 6.35. The summed E-state index contributed by atoms with van der Waals surface area (Å²) in [5.41, 5.74) is 7.32. The molecule has 0 spiro atoms. The van der Waals surface area contributed by atoms with Crippen LogP contribution in [0.5, 0.6) is 5.75 Å². The van der Waals surface area contributed by atoms with Crippen LogP contribution in [0, 0.1) is 6.92 Å². The van der Waals surface area contributed by atoms with Gasteiger partial charge in [-0.05, 0) is 66.5 Å². The van der Waals surface area contributed by atoms with Gasteiger partial charge in [-0.25, -0.2) is 0 Å². The van der Waals surface area contributed by atoms with Crippen molar-refractivity contribution in [3.63, 3.8) is 0 Å². The number of allylic oxidation sites excluding steroid dienone is 2. The molecule has 0 atom stereocenters. The second kappa shape index (κ2) is 6.87. The molecule has 2 aromatic rings. The molecule has 0 aromatic heterocycles. The van der Waals surface area contributed by atoms with Crippen LogP contribution >= 0.6 is 0 Å². The Morgan fingerprint density at radius 3 is 2.48 bits per heavy atom. The summed E-state index contributed by atoms with van der Waals surface area (Å²) in [6, 6.07) is 15.0. The van der Waals surface area contributed by atoms with Gasteiger partial charge in [0.25, 0.3) is 0 Å². The van der Waals surface area contributed by atoms with Crippen LogP contribution < -0.4 is 4.74 Å². The Hall–Kier alpha value is -2.28. The van der Waals surface area contributed by atoms with Crippen LogP contribution in [0.4, 0.5) is 0 Å². The van der Waals surface area contributed by atoms with Gasteiger partial charge in [0.2, 0.25) is 0 Å². The Morgan fingerprint density at radius 1 is 1.00 bits per heavy atom. The molecule has 0 aliphatic carbocycles. The average Bonchev–Trinajstić information content (AvgIpc) is 2.59. The largest absolute Gasteiger partial charge is 0.493 e. The van der Waals surface area contributed by atoms with Crippen molar-refractivity contribution in [1.29, 1.82) is 0 Å². The summed E-state index contributed by atoms with van der Waals surface area (Å²) in [5.74, 6) is 1.03. The quantitative estimate of drug-likeness (QED) is 0.675. The van der Waals surface area contributed by atoms with E-state index in [1.165, 1.54) is 27.8 Å². The van der Waals surface area contributed by atoms with Crippen LogP contribution in [0.3, 0.4) is 0 Å². The fraction of sp³-hybridized carbons (Fsp3) is 0.273. The number of rotatable bonds is 5. The Bertz CT molecular complexity index is 739. The molecule has 2 aromatic carbocycles. The SMILES string of the molecule is C=C(CCC(=C)c1ccc2c(c1)OCCC2)c1cccc(C)c1. The molecule has 0 unspecified atom stereocenters. The van der Waals surface area contributed by atoms with Gasteiger partial charge >= 0.3 is 0 Å². The minimum atomic E-state index is 0.826. The maximum Gasteiger partial charge on any atom is 0.123 e. The van der Waals surface area contributed by atoms with E-state index in [0.29, 0.717) is 0 Å². The normalized spacial score (nSPS) is 13.1. The van der Waals surface area contributed by atoms with Crippen molar-refractivity contribution in [1.82, 2.24) is 0 Å². The molecular weight excluding hydrogens is 280 g/mol. The van der Waals surface area contributed by atoms with E-state index in [1.807, 2.05) is 0 Å². The molecule has 118 valence electrons. The Balaban J connectivity index is 1.64. The first-order valence-corrected chi connectivity index (χ1v) is 8.32. The van der Waals surface area contributed by atoms with E-state index in [9.17, 15) is 0 Å². The second-order valence-electron chi connectivity index (χ2n) is 6.35. The third-order valence-corrected chi connectivity index (χ3v) is 4.48. The van der Waals surface area contributed by atoms with Crippen LogP contribution in [-0.2, 0) is 6.42 Å². The minimum absolute atomic E-state index is 0.826. The maximum atomic E-state index is 5.76. The molecule has 1 heteroatoms. The molecule has 0 saturated carbocycles. The highest BCUT2D eigenvalue weighted by molar-refractivity contribution is 5.70. The highest BCUT2D eigenvalue weighted by Crippen LogP contribution is 2.31. The number of aryl methyl sites for hydroxylation is 2. The summed E-state index contributed by atoms with van der Waals surface area (Å²) in [5, 5.41) is 0. The van der Waals surface area contributed by atoms with Crippen LogP contribution in [0.2, 0.25) is 0 Å². The number of fused-ring (bicyclic) bond motifs is 1. The molecule has 0 N–H and O–H groups in total. The van der Waals surface area contributed by atoms with E-state index in [0.717, 1.165) is 43.6 Å². The molecule has 1 nitrogen and oxygen atoms in total. The fourth-order valence-electron chi connectivity index (χ4n) is 3.02. The van der Waals surface area contributed by atoms with Crippen molar-refractivity contribution in [3.05, 3.63) is 77.9 Å². The highest BCUT2D eigenvalue weighted by Gasteiger charge is 2.12.